The Morgan fingerprint density at radius 1 is 1.50 bits per heavy atom. The van der Waals surface area contributed by atoms with Gasteiger partial charge in [0.05, 0.1) is 0 Å². The van der Waals surface area contributed by atoms with Crippen LogP contribution in [0.5, 0.6) is 0 Å². The zero-order chi connectivity index (χ0) is 9.61. The first kappa shape index (κ1) is 11.6. The summed E-state index contributed by atoms with van der Waals surface area (Å²) in [5.41, 5.74) is 0. The van der Waals surface area contributed by atoms with Crippen LogP contribution < -0.4 is 0 Å². The lowest BCUT2D eigenvalue weighted by Crippen LogP contribution is -2.36. The Morgan fingerprint density at radius 2 is 2.08 bits per heavy atom. The highest BCUT2D eigenvalue weighted by atomic mass is 28.3. The van der Waals surface area contributed by atoms with Crippen molar-refractivity contribution in [2.75, 3.05) is 0 Å². The van der Waals surface area contributed by atoms with Crippen LogP contribution in [0.3, 0.4) is 0 Å². The van der Waals surface area contributed by atoms with E-state index in [2.05, 4.69) is 26.6 Å². The maximum Gasteiger partial charge on any atom is 0.130 e. The molecule has 0 amide bonds. The summed E-state index contributed by atoms with van der Waals surface area (Å²) in [5.74, 6) is 0. The van der Waals surface area contributed by atoms with E-state index < -0.39 is 8.07 Å². The average molecular weight is 184 g/mol. The molecule has 0 atom stereocenters. The molecule has 0 aromatic carbocycles. The van der Waals surface area contributed by atoms with Gasteiger partial charge >= 0.3 is 0 Å². The van der Waals surface area contributed by atoms with Crippen LogP contribution in [0.4, 0.5) is 0 Å². The minimum absolute atomic E-state index is 0.504. The van der Waals surface area contributed by atoms with Gasteiger partial charge in [0.25, 0.3) is 0 Å². The molecule has 0 unspecified atom stereocenters. The smallest absolute Gasteiger partial charge is 0.130 e. The van der Waals surface area contributed by atoms with Crippen molar-refractivity contribution in [2.24, 2.45) is 0 Å². The summed E-state index contributed by atoms with van der Waals surface area (Å²) < 4.78 is 0. The first-order valence-electron chi connectivity index (χ1n) is 4.68. The van der Waals surface area contributed by atoms with Crippen molar-refractivity contribution in [2.45, 2.75) is 45.3 Å². The van der Waals surface area contributed by atoms with Crippen molar-refractivity contribution < 1.29 is 4.79 Å². The van der Waals surface area contributed by atoms with Crippen LogP contribution in [0.2, 0.25) is 19.1 Å². The highest BCUT2D eigenvalue weighted by Gasteiger charge is 2.27. The van der Waals surface area contributed by atoms with E-state index in [-0.39, 0.29) is 0 Å². The molecule has 0 radical (unpaired) electrons. The lowest BCUT2D eigenvalue weighted by molar-refractivity contribution is -0.112. The van der Waals surface area contributed by atoms with Crippen molar-refractivity contribution in [1.82, 2.24) is 0 Å². The molecule has 0 heterocycles. The van der Waals surface area contributed by atoms with Gasteiger partial charge in [-0.1, -0.05) is 32.5 Å². The van der Waals surface area contributed by atoms with E-state index in [1.54, 1.807) is 0 Å². The molecule has 0 aromatic heterocycles. The van der Waals surface area contributed by atoms with Crippen LogP contribution in [0.25, 0.3) is 0 Å². The van der Waals surface area contributed by atoms with Gasteiger partial charge in [-0.15, -0.1) is 6.58 Å². The van der Waals surface area contributed by atoms with Gasteiger partial charge in [0.2, 0.25) is 0 Å². The Morgan fingerprint density at radius 3 is 2.50 bits per heavy atom. The topological polar surface area (TPSA) is 17.1 Å². The summed E-state index contributed by atoms with van der Waals surface area (Å²) in [6.07, 6.45) is 4.83. The van der Waals surface area contributed by atoms with Crippen LogP contribution in [0.1, 0.15) is 26.2 Å². The highest BCUT2D eigenvalue weighted by molar-refractivity contribution is 7.04. The Labute approximate surface area is 76.9 Å². The molecule has 0 aliphatic carbocycles. The lowest BCUT2D eigenvalue weighted by Gasteiger charge is -2.17. The monoisotopic (exact) mass is 184 g/mol. The van der Waals surface area contributed by atoms with Gasteiger partial charge in [0, 0.05) is 6.42 Å². The Balaban J connectivity index is 3.96. The number of allylic oxidation sites excluding steroid dienone is 1. The summed E-state index contributed by atoms with van der Waals surface area (Å²) in [7, 11) is -1.60. The Kier molecular flexibility index (Phi) is 5.14. The zero-order valence-electron chi connectivity index (χ0n) is 8.52. The van der Waals surface area contributed by atoms with Crippen LogP contribution in [-0.4, -0.2) is 13.5 Å². The third kappa shape index (κ3) is 3.86. The van der Waals surface area contributed by atoms with Crippen molar-refractivity contribution >= 4 is 13.5 Å². The third-order valence-corrected chi connectivity index (χ3v) is 5.24. The molecule has 12 heavy (non-hydrogen) atoms. The molecule has 0 aliphatic heterocycles. The van der Waals surface area contributed by atoms with Crippen molar-refractivity contribution in [3.05, 3.63) is 12.7 Å². The van der Waals surface area contributed by atoms with Crippen molar-refractivity contribution in [1.29, 1.82) is 0 Å². The van der Waals surface area contributed by atoms with E-state index in [9.17, 15) is 4.79 Å². The maximum absolute atomic E-state index is 11.6. The van der Waals surface area contributed by atoms with E-state index in [1.165, 1.54) is 0 Å². The van der Waals surface area contributed by atoms with E-state index in [4.69, 9.17) is 0 Å². The molecule has 0 rings (SSSR count). The van der Waals surface area contributed by atoms with E-state index >= 15 is 0 Å². The van der Waals surface area contributed by atoms with Crippen molar-refractivity contribution in [3.63, 3.8) is 0 Å². The standard InChI is InChI=1S/C10H20OSi/c1-5-7-8-10(11)12(3,4)9-6-2/h6H,2,5,7-9H2,1,3-4H3. The van der Waals surface area contributed by atoms with Crippen molar-refractivity contribution in [3.8, 4) is 0 Å². The largest absolute Gasteiger partial charge is 0.305 e. The molecule has 0 saturated carbocycles. The van der Waals surface area contributed by atoms with Crippen LogP contribution in [0.15, 0.2) is 12.7 Å². The number of unbranched alkanes of at least 4 members (excludes halogenated alkanes) is 1. The molecule has 70 valence electrons. The highest BCUT2D eigenvalue weighted by Crippen LogP contribution is 2.14. The zero-order valence-corrected chi connectivity index (χ0v) is 9.52. The van der Waals surface area contributed by atoms with Crippen LogP contribution in [-0.2, 0) is 4.79 Å². The number of hydrogen-bond donors (Lipinski definition) is 0. The number of rotatable bonds is 6. The second kappa shape index (κ2) is 5.30. The molecule has 0 fully saturated rings. The average Bonchev–Trinajstić information content (AvgIpc) is 2.00. The predicted octanol–water partition coefficient (Wildman–Crippen LogP) is 3.18. The normalized spacial score (nSPS) is 11.2. The second-order valence-corrected chi connectivity index (χ2v) is 8.64. The fourth-order valence-electron chi connectivity index (χ4n) is 1.15. The van der Waals surface area contributed by atoms with E-state index in [1.807, 2.05) is 6.08 Å². The summed E-state index contributed by atoms with van der Waals surface area (Å²) in [5, 5.41) is 0.504. The first-order chi connectivity index (χ1) is 5.54. The molecule has 0 aliphatic rings. The van der Waals surface area contributed by atoms with E-state index in [0.717, 1.165) is 25.3 Å². The number of hydrogen-bond acceptors (Lipinski definition) is 1. The summed E-state index contributed by atoms with van der Waals surface area (Å²) >= 11 is 0. The fourth-order valence-corrected chi connectivity index (χ4v) is 2.95. The SMILES string of the molecule is C=CC[Si](C)(C)C(=O)CCCC. The number of carbonyl (C=O) groups excluding carboxylic acids is 1. The molecular weight excluding hydrogens is 164 g/mol. The fraction of sp³-hybridized carbons (Fsp3) is 0.700. The molecule has 2 heteroatoms. The Bertz CT molecular complexity index is 161. The van der Waals surface area contributed by atoms with Gasteiger partial charge in [-0.05, 0) is 12.5 Å². The third-order valence-electron chi connectivity index (χ3n) is 2.17. The second-order valence-electron chi connectivity index (χ2n) is 3.90. The molecule has 0 saturated heterocycles. The molecular formula is C10H20OSi. The molecule has 0 N–H and O–H groups in total. The minimum atomic E-state index is -1.60. The lowest BCUT2D eigenvalue weighted by atomic mass is 10.3. The van der Waals surface area contributed by atoms with Gasteiger partial charge in [-0.3, -0.25) is 0 Å². The van der Waals surface area contributed by atoms with Crippen LogP contribution in [0, 0.1) is 0 Å². The van der Waals surface area contributed by atoms with Gasteiger partial charge in [0.1, 0.15) is 13.5 Å². The first-order valence-corrected chi connectivity index (χ1v) is 7.89. The molecule has 0 aromatic rings. The number of carbonyl (C=O) groups is 1. The summed E-state index contributed by atoms with van der Waals surface area (Å²) in [6.45, 7) is 10.1. The van der Waals surface area contributed by atoms with Gasteiger partial charge < -0.3 is 4.79 Å². The Hall–Kier alpha value is -0.373. The molecule has 0 bridgehead atoms. The van der Waals surface area contributed by atoms with Gasteiger partial charge in [-0.2, -0.15) is 0 Å². The predicted molar refractivity (Wildman–Crippen MR) is 57.0 cm³/mol. The quantitative estimate of drug-likeness (QED) is 0.458. The maximum atomic E-state index is 11.6. The van der Waals surface area contributed by atoms with Gasteiger partial charge in [-0.25, -0.2) is 0 Å². The van der Waals surface area contributed by atoms with Gasteiger partial charge in [0.15, 0.2) is 0 Å². The molecule has 1 nitrogen and oxygen atoms in total. The summed E-state index contributed by atoms with van der Waals surface area (Å²) in [6, 6.07) is 0.926. The molecule has 0 spiro atoms. The van der Waals surface area contributed by atoms with Crippen LogP contribution >= 0.6 is 0 Å². The minimum Gasteiger partial charge on any atom is -0.305 e. The summed E-state index contributed by atoms with van der Waals surface area (Å²) in [4.78, 5) is 11.6. The van der Waals surface area contributed by atoms with E-state index in [0.29, 0.717) is 5.41 Å².